The summed E-state index contributed by atoms with van der Waals surface area (Å²) in [4.78, 5) is 59.5. The smallest absolute Gasteiger partial charge is 0.413 e. The van der Waals surface area contributed by atoms with Gasteiger partial charge in [0.1, 0.15) is 13.2 Å². The van der Waals surface area contributed by atoms with Crippen molar-refractivity contribution in [2.24, 2.45) is 11.8 Å². The van der Waals surface area contributed by atoms with E-state index in [1.165, 1.54) is 0 Å². The third kappa shape index (κ3) is 7.88. The third-order valence-corrected chi connectivity index (χ3v) is 7.96. The van der Waals surface area contributed by atoms with Crippen LogP contribution in [-0.2, 0) is 33.4 Å². The first-order valence-electron chi connectivity index (χ1n) is 13.8. The fourth-order valence-corrected chi connectivity index (χ4v) is 6.24. The lowest BCUT2D eigenvalue weighted by Gasteiger charge is -2.46. The number of esters is 1. The van der Waals surface area contributed by atoms with Crippen molar-refractivity contribution in [2.75, 3.05) is 13.2 Å². The Labute approximate surface area is 257 Å². The van der Waals surface area contributed by atoms with E-state index in [-0.39, 0.29) is 17.6 Å². The van der Waals surface area contributed by atoms with Gasteiger partial charge in [0.25, 0.3) is 0 Å². The first-order chi connectivity index (χ1) is 20.9. The number of hydrogen-bond acceptors (Lipinski definition) is 9. The molecule has 2 aromatic carbocycles. The largest absolute Gasteiger partial charge is 0.481 e. The third-order valence-electron chi connectivity index (χ3n) is 7.74. The molecule has 0 spiro atoms. The predicted molar refractivity (Wildman–Crippen MR) is 157 cm³/mol. The quantitative estimate of drug-likeness (QED) is 0.180. The zero-order valence-corrected chi connectivity index (χ0v) is 24.5. The van der Waals surface area contributed by atoms with Gasteiger partial charge in [-0.15, -0.1) is 0 Å². The molecule has 5 atom stereocenters. The fraction of sp³-hybridized carbons (Fsp3) is 0.400. The molecule has 4 rings (SSSR count). The molecule has 13 nitrogen and oxygen atoms in total. The Morgan fingerprint density at radius 2 is 1.32 bits per heavy atom. The number of thiocarbonyl (C=S) groups is 1. The molecule has 5 N–H and O–H groups in total. The maximum absolute atomic E-state index is 12.8. The van der Waals surface area contributed by atoms with Crippen molar-refractivity contribution in [2.45, 2.75) is 50.4 Å². The van der Waals surface area contributed by atoms with Crippen LogP contribution in [0.15, 0.2) is 48.5 Å². The predicted octanol–water partition coefficient (Wildman–Crippen LogP) is 2.76. The number of hydrogen-bond donors (Lipinski definition) is 5. The SMILES string of the molecule is CC(=O)OC[C@@H]1O[C@@H](CC(=O)O)[C@H](NC(=S)NC(=O)OCC2c3ccccc3-c3ccccc32)[C@H](CC(=O)O)[C@@H]1CC(=O)O. The number of rotatable bonds is 11. The minimum absolute atomic E-state index is 0.00317. The van der Waals surface area contributed by atoms with Crippen LogP contribution in [0.1, 0.15) is 43.2 Å². The highest BCUT2D eigenvalue weighted by atomic mass is 32.1. The summed E-state index contributed by atoms with van der Waals surface area (Å²) in [5, 5.41) is 33.6. The van der Waals surface area contributed by atoms with Crippen LogP contribution >= 0.6 is 12.2 Å². The summed E-state index contributed by atoms with van der Waals surface area (Å²) in [6.07, 6.45) is -4.98. The molecule has 234 valence electrons. The Morgan fingerprint density at radius 1 is 0.773 bits per heavy atom. The van der Waals surface area contributed by atoms with Gasteiger partial charge in [0, 0.05) is 18.8 Å². The molecule has 0 bridgehead atoms. The standard InChI is InChI=1S/C30H32N2O11S/c1-15(33)41-14-24-20(10-25(34)35)21(11-26(36)37)28(23(43-24)12-27(38)39)31-29(44)32-30(40)42-13-22-18-8-4-2-6-16(18)17-7-3-5-9-19(17)22/h2-9,20-24,28H,10-14H2,1H3,(H,34,35)(H,36,37)(H,38,39)(H2,31,32,40,44)/t20-,21+,23-,24-,28+/m0/s1. The lowest BCUT2D eigenvalue weighted by Crippen LogP contribution is -2.61. The van der Waals surface area contributed by atoms with Crippen molar-refractivity contribution in [3.8, 4) is 11.1 Å². The Morgan fingerprint density at radius 3 is 1.86 bits per heavy atom. The molecule has 0 saturated carbocycles. The molecule has 1 aliphatic heterocycles. The van der Waals surface area contributed by atoms with E-state index in [2.05, 4.69) is 10.6 Å². The van der Waals surface area contributed by atoms with E-state index in [0.29, 0.717) is 0 Å². The van der Waals surface area contributed by atoms with Gasteiger partial charge in [-0.1, -0.05) is 48.5 Å². The monoisotopic (exact) mass is 628 g/mol. The second-order valence-electron chi connectivity index (χ2n) is 10.6. The van der Waals surface area contributed by atoms with Crippen molar-refractivity contribution in [1.29, 1.82) is 0 Å². The Balaban J connectivity index is 1.49. The number of aliphatic carboxylic acids is 3. The first-order valence-corrected chi connectivity index (χ1v) is 14.2. The van der Waals surface area contributed by atoms with Crippen LogP contribution < -0.4 is 10.6 Å². The Bertz CT molecular complexity index is 1400. The van der Waals surface area contributed by atoms with Crippen LogP contribution in [0.4, 0.5) is 4.79 Å². The van der Waals surface area contributed by atoms with E-state index in [1.54, 1.807) is 0 Å². The summed E-state index contributed by atoms with van der Waals surface area (Å²) < 4.78 is 16.4. The zero-order valence-electron chi connectivity index (χ0n) is 23.6. The molecule has 1 aliphatic carbocycles. The van der Waals surface area contributed by atoms with E-state index < -0.39 is 85.9 Å². The summed E-state index contributed by atoms with van der Waals surface area (Å²) in [7, 11) is 0. The van der Waals surface area contributed by atoms with Crippen molar-refractivity contribution >= 4 is 47.3 Å². The van der Waals surface area contributed by atoms with E-state index in [4.69, 9.17) is 26.4 Å². The molecular formula is C30H32N2O11S. The minimum Gasteiger partial charge on any atom is -0.481 e. The van der Waals surface area contributed by atoms with Gasteiger partial charge in [-0.25, -0.2) is 4.79 Å². The number of amides is 1. The molecule has 1 fully saturated rings. The highest BCUT2D eigenvalue weighted by Gasteiger charge is 2.48. The number of carboxylic acids is 3. The maximum Gasteiger partial charge on any atom is 0.413 e. The normalized spacial score (nSPS) is 22.2. The molecule has 44 heavy (non-hydrogen) atoms. The van der Waals surface area contributed by atoms with Gasteiger partial charge in [-0.05, 0) is 40.4 Å². The van der Waals surface area contributed by atoms with Crippen LogP contribution in [0.5, 0.6) is 0 Å². The lowest BCUT2D eigenvalue weighted by atomic mass is 9.73. The van der Waals surface area contributed by atoms with Gasteiger partial charge in [-0.3, -0.25) is 24.5 Å². The van der Waals surface area contributed by atoms with Crippen molar-refractivity contribution in [1.82, 2.24) is 10.6 Å². The molecule has 1 heterocycles. The summed E-state index contributed by atoms with van der Waals surface area (Å²) >= 11 is 5.30. The van der Waals surface area contributed by atoms with Crippen molar-refractivity contribution in [3.63, 3.8) is 0 Å². The second-order valence-corrected chi connectivity index (χ2v) is 11.0. The highest BCUT2D eigenvalue weighted by Crippen LogP contribution is 2.44. The summed E-state index contributed by atoms with van der Waals surface area (Å²) in [6.45, 7) is 0.724. The van der Waals surface area contributed by atoms with Gasteiger partial charge in [-0.2, -0.15) is 0 Å². The van der Waals surface area contributed by atoms with Crippen LogP contribution in [0, 0.1) is 11.8 Å². The van der Waals surface area contributed by atoms with Gasteiger partial charge in [0.15, 0.2) is 5.11 Å². The molecule has 14 heteroatoms. The Kier molecular flexibility index (Phi) is 10.5. The van der Waals surface area contributed by atoms with Crippen LogP contribution in [0.25, 0.3) is 11.1 Å². The van der Waals surface area contributed by atoms with E-state index >= 15 is 0 Å². The molecule has 1 amide bonds. The number of benzene rings is 2. The summed E-state index contributed by atoms with van der Waals surface area (Å²) in [5.74, 6) is -6.78. The maximum atomic E-state index is 12.8. The average molecular weight is 629 g/mol. The lowest BCUT2D eigenvalue weighted by molar-refractivity contribution is -0.179. The summed E-state index contributed by atoms with van der Waals surface area (Å²) in [5.41, 5.74) is 4.09. The zero-order chi connectivity index (χ0) is 32.0. The number of carbonyl (C=O) groups is 5. The molecule has 0 unspecified atom stereocenters. The number of carbonyl (C=O) groups excluding carboxylic acids is 2. The molecule has 1 saturated heterocycles. The minimum atomic E-state index is -1.28. The second kappa shape index (κ2) is 14.3. The van der Waals surface area contributed by atoms with E-state index in [1.807, 2.05) is 48.5 Å². The molecule has 0 radical (unpaired) electrons. The number of nitrogens with one attached hydrogen (secondary N) is 2. The van der Waals surface area contributed by atoms with Crippen LogP contribution in [0.2, 0.25) is 0 Å². The Hall–Kier alpha value is -4.56. The van der Waals surface area contributed by atoms with Gasteiger partial charge in [0.05, 0.1) is 37.5 Å². The first kappa shape index (κ1) is 32.4. The average Bonchev–Trinajstić information content (AvgIpc) is 3.27. The fourth-order valence-electron chi connectivity index (χ4n) is 6.02. The molecule has 0 aromatic heterocycles. The molecular weight excluding hydrogens is 596 g/mol. The van der Waals surface area contributed by atoms with Crippen molar-refractivity contribution < 1.29 is 53.5 Å². The summed E-state index contributed by atoms with van der Waals surface area (Å²) in [6, 6.07) is 14.4. The topological polar surface area (TPSA) is 198 Å². The van der Waals surface area contributed by atoms with Crippen LogP contribution in [-0.4, -0.2) is 81.9 Å². The van der Waals surface area contributed by atoms with Crippen molar-refractivity contribution in [3.05, 3.63) is 59.7 Å². The van der Waals surface area contributed by atoms with Gasteiger partial charge >= 0.3 is 30.0 Å². The number of alkyl carbamates (subject to hydrolysis) is 1. The number of fused-ring (bicyclic) bond motifs is 3. The molecule has 2 aliphatic rings. The van der Waals surface area contributed by atoms with Crippen LogP contribution in [0.3, 0.4) is 0 Å². The van der Waals surface area contributed by atoms with E-state index in [0.717, 1.165) is 29.2 Å². The van der Waals surface area contributed by atoms with Gasteiger partial charge in [0.2, 0.25) is 0 Å². The number of ether oxygens (including phenoxy) is 3. The van der Waals surface area contributed by atoms with Gasteiger partial charge < -0.3 is 34.8 Å². The number of carboxylic acid groups (broad SMARTS) is 3. The van der Waals surface area contributed by atoms with E-state index in [9.17, 15) is 39.3 Å². The molecule has 2 aromatic rings. The highest BCUT2D eigenvalue weighted by molar-refractivity contribution is 7.80.